The smallest absolute Gasteiger partial charge is 0.347 e. The van der Waals surface area contributed by atoms with Crippen LogP contribution in [0.3, 0.4) is 0 Å². The molecule has 0 aliphatic carbocycles. The predicted octanol–water partition coefficient (Wildman–Crippen LogP) is 1.63. The number of carboxylic acid groups (broad SMARTS) is 1. The number of nitrogens with one attached hydrogen (secondary N) is 1. The molecule has 0 aliphatic rings. The first kappa shape index (κ1) is 14.5. The number of benzene rings is 1. The molecule has 0 aliphatic heterocycles. The number of hydrogen-bond donors (Lipinski definition) is 3. The van der Waals surface area contributed by atoms with Gasteiger partial charge in [0, 0.05) is 6.54 Å². The van der Waals surface area contributed by atoms with E-state index in [9.17, 15) is 13.2 Å². The zero-order valence-electron chi connectivity index (χ0n) is 10.1. The Kier molecular flexibility index (Phi) is 4.07. The summed E-state index contributed by atoms with van der Waals surface area (Å²) < 4.78 is 26.4. The fraction of sp³-hybridized carbons (Fsp3) is 0.0833. The normalized spacial score (nSPS) is 11.4. The van der Waals surface area contributed by atoms with Crippen molar-refractivity contribution in [1.29, 1.82) is 0 Å². The molecular formula is C12H11NO5S2. The van der Waals surface area contributed by atoms with E-state index in [4.69, 9.17) is 10.2 Å². The highest BCUT2D eigenvalue weighted by Crippen LogP contribution is 2.22. The van der Waals surface area contributed by atoms with Gasteiger partial charge in [-0.25, -0.2) is 17.9 Å². The Hall–Kier alpha value is -1.90. The minimum atomic E-state index is -3.88. The van der Waals surface area contributed by atoms with Crippen molar-refractivity contribution >= 4 is 27.3 Å². The van der Waals surface area contributed by atoms with E-state index in [0.717, 1.165) is 11.3 Å². The average Bonchev–Trinajstić information content (AvgIpc) is 2.88. The fourth-order valence-electron chi connectivity index (χ4n) is 1.53. The molecule has 0 unspecified atom stereocenters. The molecule has 0 amide bonds. The highest BCUT2D eigenvalue weighted by molar-refractivity contribution is 7.89. The molecule has 0 saturated heterocycles. The number of carbonyl (C=O) groups is 1. The number of rotatable bonds is 5. The zero-order chi connectivity index (χ0) is 14.8. The van der Waals surface area contributed by atoms with Gasteiger partial charge in [0.1, 0.15) is 15.5 Å². The molecule has 0 atom stereocenters. The lowest BCUT2D eigenvalue weighted by atomic mass is 10.2. The summed E-state index contributed by atoms with van der Waals surface area (Å²) >= 11 is 0.856. The topological polar surface area (TPSA) is 104 Å². The van der Waals surface area contributed by atoms with Crippen LogP contribution in [0.1, 0.15) is 15.2 Å². The van der Waals surface area contributed by atoms with Crippen LogP contribution in [0, 0.1) is 0 Å². The molecule has 0 fully saturated rings. The second-order valence-electron chi connectivity index (χ2n) is 3.91. The molecule has 1 heterocycles. The van der Waals surface area contributed by atoms with Crippen LogP contribution in [-0.2, 0) is 16.6 Å². The summed E-state index contributed by atoms with van der Waals surface area (Å²) in [6, 6.07) is 7.29. The minimum absolute atomic E-state index is 0.0114. The lowest BCUT2D eigenvalue weighted by Gasteiger charge is -2.06. The number of phenolic OH excluding ortho intramolecular Hbond substituents is 1. The first-order valence-corrected chi connectivity index (χ1v) is 7.85. The van der Waals surface area contributed by atoms with Gasteiger partial charge in [0.05, 0.1) is 0 Å². The summed E-state index contributed by atoms with van der Waals surface area (Å²) in [4.78, 5) is 10.5. The maximum absolute atomic E-state index is 12.0. The van der Waals surface area contributed by atoms with E-state index in [1.807, 2.05) is 0 Å². The second-order valence-corrected chi connectivity index (χ2v) is 6.56. The third-order valence-corrected chi connectivity index (χ3v) is 4.99. The van der Waals surface area contributed by atoms with E-state index in [1.54, 1.807) is 12.1 Å². The first-order chi connectivity index (χ1) is 9.40. The lowest BCUT2D eigenvalue weighted by Crippen LogP contribution is -2.24. The summed E-state index contributed by atoms with van der Waals surface area (Å²) in [5, 5.41) is 19.5. The SMILES string of the molecule is O=C(O)c1sccc1S(=O)(=O)NCc1ccc(O)cc1. The zero-order valence-corrected chi connectivity index (χ0v) is 11.7. The molecule has 0 saturated carbocycles. The monoisotopic (exact) mass is 313 g/mol. The number of sulfonamides is 1. The number of hydrogen-bond acceptors (Lipinski definition) is 5. The molecule has 6 nitrogen and oxygen atoms in total. The quantitative estimate of drug-likeness (QED) is 0.778. The van der Waals surface area contributed by atoms with Crippen molar-refractivity contribution in [1.82, 2.24) is 4.72 Å². The first-order valence-electron chi connectivity index (χ1n) is 5.48. The molecular weight excluding hydrogens is 302 g/mol. The summed E-state index contributed by atoms with van der Waals surface area (Å²) in [5.41, 5.74) is 0.651. The molecule has 0 bridgehead atoms. The van der Waals surface area contributed by atoms with Gasteiger partial charge in [-0.2, -0.15) is 0 Å². The summed E-state index contributed by atoms with van der Waals surface area (Å²) in [6.07, 6.45) is 0. The Bertz CT molecular complexity index is 719. The van der Waals surface area contributed by atoms with Crippen LogP contribution < -0.4 is 4.72 Å². The maximum Gasteiger partial charge on any atom is 0.347 e. The Morgan fingerprint density at radius 3 is 2.45 bits per heavy atom. The van der Waals surface area contributed by atoms with Gasteiger partial charge in [0.2, 0.25) is 10.0 Å². The van der Waals surface area contributed by atoms with Crippen molar-refractivity contribution in [2.24, 2.45) is 0 Å². The molecule has 106 valence electrons. The van der Waals surface area contributed by atoms with E-state index >= 15 is 0 Å². The molecule has 2 aromatic rings. The van der Waals surface area contributed by atoms with Crippen molar-refractivity contribution in [3.8, 4) is 5.75 Å². The van der Waals surface area contributed by atoms with Crippen LogP contribution in [0.2, 0.25) is 0 Å². The fourth-order valence-corrected chi connectivity index (χ4v) is 3.81. The second kappa shape index (κ2) is 5.61. The van der Waals surface area contributed by atoms with Gasteiger partial charge in [-0.1, -0.05) is 12.1 Å². The van der Waals surface area contributed by atoms with Crippen molar-refractivity contribution in [2.45, 2.75) is 11.4 Å². The van der Waals surface area contributed by atoms with Gasteiger partial charge >= 0.3 is 5.97 Å². The molecule has 1 aromatic carbocycles. The van der Waals surface area contributed by atoms with Crippen LogP contribution in [0.15, 0.2) is 40.6 Å². The third kappa shape index (κ3) is 3.16. The molecule has 2 rings (SSSR count). The van der Waals surface area contributed by atoms with Gasteiger partial charge in [0.25, 0.3) is 0 Å². The molecule has 3 N–H and O–H groups in total. The van der Waals surface area contributed by atoms with Gasteiger partial charge in [-0.15, -0.1) is 11.3 Å². The van der Waals surface area contributed by atoms with Crippen LogP contribution >= 0.6 is 11.3 Å². The van der Waals surface area contributed by atoms with Crippen molar-refractivity contribution in [3.05, 3.63) is 46.2 Å². The molecule has 20 heavy (non-hydrogen) atoms. The average molecular weight is 313 g/mol. The number of thiophene rings is 1. The van der Waals surface area contributed by atoms with E-state index in [-0.39, 0.29) is 22.1 Å². The number of aromatic carboxylic acids is 1. The summed E-state index contributed by atoms with van der Waals surface area (Å²) in [7, 11) is -3.88. The molecule has 0 radical (unpaired) electrons. The van der Waals surface area contributed by atoms with Gasteiger partial charge in [-0.05, 0) is 29.1 Å². The van der Waals surface area contributed by atoms with Crippen LogP contribution in [0.25, 0.3) is 0 Å². The molecule has 0 spiro atoms. The van der Waals surface area contributed by atoms with Crippen molar-refractivity contribution in [2.75, 3.05) is 0 Å². The summed E-state index contributed by atoms with van der Waals surface area (Å²) in [6.45, 7) is 0.0114. The predicted molar refractivity (Wildman–Crippen MR) is 73.4 cm³/mol. The Balaban J connectivity index is 2.17. The van der Waals surface area contributed by atoms with E-state index in [0.29, 0.717) is 5.56 Å². The number of phenols is 1. The van der Waals surface area contributed by atoms with Crippen molar-refractivity contribution in [3.63, 3.8) is 0 Å². The van der Waals surface area contributed by atoms with Crippen LogP contribution in [-0.4, -0.2) is 24.6 Å². The molecule has 1 aromatic heterocycles. The molecule has 8 heteroatoms. The minimum Gasteiger partial charge on any atom is -0.508 e. The highest BCUT2D eigenvalue weighted by atomic mass is 32.2. The van der Waals surface area contributed by atoms with Crippen molar-refractivity contribution < 1.29 is 23.4 Å². The van der Waals surface area contributed by atoms with E-state index in [2.05, 4.69) is 4.72 Å². The Morgan fingerprint density at radius 1 is 1.20 bits per heavy atom. The lowest BCUT2D eigenvalue weighted by molar-refractivity contribution is 0.0698. The van der Waals surface area contributed by atoms with Gasteiger partial charge in [0.15, 0.2) is 0 Å². The van der Waals surface area contributed by atoms with Gasteiger partial charge < -0.3 is 10.2 Å². The van der Waals surface area contributed by atoms with E-state index in [1.165, 1.54) is 23.6 Å². The van der Waals surface area contributed by atoms with Crippen LogP contribution in [0.5, 0.6) is 5.75 Å². The Labute approximate surface area is 119 Å². The number of carboxylic acids is 1. The third-order valence-electron chi connectivity index (χ3n) is 2.52. The van der Waals surface area contributed by atoms with Gasteiger partial charge in [-0.3, -0.25) is 0 Å². The largest absolute Gasteiger partial charge is 0.508 e. The Morgan fingerprint density at radius 2 is 1.85 bits per heavy atom. The number of aromatic hydroxyl groups is 1. The van der Waals surface area contributed by atoms with E-state index < -0.39 is 16.0 Å². The summed E-state index contributed by atoms with van der Waals surface area (Å²) in [5.74, 6) is -1.19. The highest BCUT2D eigenvalue weighted by Gasteiger charge is 2.23. The maximum atomic E-state index is 12.0. The standard InChI is InChI=1S/C12H11NO5S2/c14-9-3-1-8(2-4-9)7-13-20(17,18)10-5-6-19-11(10)12(15)16/h1-6,13-14H,7H2,(H,15,16). The van der Waals surface area contributed by atoms with Crippen LogP contribution in [0.4, 0.5) is 0 Å².